The third-order valence-electron chi connectivity index (χ3n) is 2.72. The second kappa shape index (κ2) is 6.76. The van der Waals surface area contributed by atoms with E-state index in [9.17, 15) is 9.59 Å². The molecule has 0 aromatic heterocycles. The highest BCUT2D eigenvalue weighted by atomic mass is 16.4. The van der Waals surface area contributed by atoms with Gasteiger partial charge in [0.25, 0.3) is 0 Å². The fourth-order valence-electron chi connectivity index (χ4n) is 1.58. The highest BCUT2D eigenvalue weighted by molar-refractivity contribution is 5.89. The van der Waals surface area contributed by atoms with Gasteiger partial charge in [0, 0.05) is 6.54 Å². The molecule has 1 atom stereocenters. The van der Waals surface area contributed by atoms with Gasteiger partial charge < -0.3 is 16.2 Å². The van der Waals surface area contributed by atoms with E-state index >= 15 is 0 Å². The summed E-state index contributed by atoms with van der Waals surface area (Å²) in [4.78, 5) is 22.4. The lowest BCUT2D eigenvalue weighted by molar-refractivity contribution is -0.122. The molecule has 1 aromatic rings. The number of nitrogens with two attached hydrogens (primary N) is 1. The maximum atomic E-state index is 11.4. The first-order valence-corrected chi connectivity index (χ1v) is 5.90. The van der Waals surface area contributed by atoms with Crippen molar-refractivity contribution in [2.75, 3.05) is 6.54 Å². The summed E-state index contributed by atoms with van der Waals surface area (Å²) < 4.78 is 0. The number of carboxylic acid groups (broad SMARTS) is 1. The second-order valence-electron chi connectivity index (χ2n) is 4.02. The van der Waals surface area contributed by atoms with Crippen molar-refractivity contribution in [2.24, 2.45) is 5.73 Å². The number of amides is 1. The van der Waals surface area contributed by atoms with Gasteiger partial charge in [0.1, 0.15) is 0 Å². The molecule has 1 rings (SSSR count). The van der Waals surface area contributed by atoms with Gasteiger partial charge in [0.05, 0.1) is 11.6 Å². The lowest BCUT2D eigenvalue weighted by atomic mass is 10.0. The number of carboxylic acids is 1. The van der Waals surface area contributed by atoms with Gasteiger partial charge in [-0.1, -0.05) is 25.1 Å². The third kappa shape index (κ3) is 3.85. The Kier molecular flexibility index (Phi) is 5.32. The van der Waals surface area contributed by atoms with E-state index in [4.69, 9.17) is 10.8 Å². The summed E-state index contributed by atoms with van der Waals surface area (Å²) >= 11 is 0. The summed E-state index contributed by atoms with van der Waals surface area (Å²) in [6.07, 6.45) is 1.06. The molecule has 0 fully saturated rings. The fraction of sp³-hybridized carbons (Fsp3) is 0.385. The number of hydrogen-bond acceptors (Lipinski definition) is 3. The average molecular weight is 250 g/mol. The molecule has 0 saturated carbocycles. The van der Waals surface area contributed by atoms with Crippen molar-refractivity contribution in [3.05, 3.63) is 35.4 Å². The molecule has 4 N–H and O–H groups in total. The molecule has 0 aliphatic carbocycles. The van der Waals surface area contributed by atoms with Crippen molar-refractivity contribution in [3.63, 3.8) is 0 Å². The van der Waals surface area contributed by atoms with Gasteiger partial charge >= 0.3 is 5.97 Å². The van der Waals surface area contributed by atoms with E-state index in [-0.39, 0.29) is 11.5 Å². The molecule has 18 heavy (non-hydrogen) atoms. The van der Waals surface area contributed by atoms with Crippen LogP contribution in [0, 0.1) is 0 Å². The molecule has 0 radical (unpaired) electrons. The topological polar surface area (TPSA) is 92.4 Å². The molecule has 98 valence electrons. The molecule has 0 spiro atoms. The SMILES string of the molecule is CCC(N)C(=O)NCCc1ccccc1C(=O)O. The van der Waals surface area contributed by atoms with Crippen LogP contribution in [0.5, 0.6) is 0 Å². The minimum absolute atomic E-state index is 0.203. The van der Waals surface area contributed by atoms with Gasteiger partial charge in [-0.2, -0.15) is 0 Å². The molecule has 0 saturated heterocycles. The Labute approximate surface area is 106 Å². The van der Waals surface area contributed by atoms with Crippen LogP contribution in [0.1, 0.15) is 29.3 Å². The average Bonchev–Trinajstić information content (AvgIpc) is 2.38. The zero-order chi connectivity index (χ0) is 13.5. The molecule has 0 heterocycles. The quantitative estimate of drug-likeness (QED) is 0.695. The van der Waals surface area contributed by atoms with Crippen LogP contribution in [0.2, 0.25) is 0 Å². The summed E-state index contributed by atoms with van der Waals surface area (Å²) in [5.41, 5.74) is 6.54. The van der Waals surface area contributed by atoms with Gasteiger partial charge in [-0.3, -0.25) is 4.79 Å². The van der Waals surface area contributed by atoms with Crippen LogP contribution >= 0.6 is 0 Å². The summed E-state index contributed by atoms with van der Waals surface area (Å²) in [5.74, 6) is -1.16. The van der Waals surface area contributed by atoms with Gasteiger partial charge in [-0.05, 0) is 24.5 Å². The third-order valence-corrected chi connectivity index (χ3v) is 2.72. The monoisotopic (exact) mass is 250 g/mol. The first-order chi connectivity index (χ1) is 8.56. The van der Waals surface area contributed by atoms with Crippen molar-refractivity contribution >= 4 is 11.9 Å². The van der Waals surface area contributed by atoms with E-state index in [0.717, 1.165) is 0 Å². The van der Waals surface area contributed by atoms with Crippen LogP contribution < -0.4 is 11.1 Å². The summed E-state index contributed by atoms with van der Waals surface area (Å²) in [6.45, 7) is 2.22. The molecule has 5 heteroatoms. The van der Waals surface area contributed by atoms with Crippen molar-refractivity contribution < 1.29 is 14.7 Å². The van der Waals surface area contributed by atoms with Crippen LogP contribution in [-0.2, 0) is 11.2 Å². The lowest BCUT2D eigenvalue weighted by Crippen LogP contribution is -2.40. The van der Waals surface area contributed by atoms with Crippen molar-refractivity contribution in [1.82, 2.24) is 5.32 Å². The zero-order valence-corrected chi connectivity index (χ0v) is 10.3. The molecule has 0 bridgehead atoms. The summed E-state index contributed by atoms with van der Waals surface area (Å²) in [6, 6.07) is 6.26. The lowest BCUT2D eigenvalue weighted by Gasteiger charge is -2.10. The number of benzene rings is 1. The zero-order valence-electron chi connectivity index (χ0n) is 10.3. The number of carbonyl (C=O) groups is 2. The second-order valence-corrected chi connectivity index (χ2v) is 4.02. The Hall–Kier alpha value is -1.88. The van der Waals surface area contributed by atoms with Crippen molar-refractivity contribution in [3.8, 4) is 0 Å². The Balaban J connectivity index is 2.54. The number of hydrogen-bond donors (Lipinski definition) is 3. The van der Waals surface area contributed by atoms with Crippen molar-refractivity contribution in [1.29, 1.82) is 0 Å². The van der Waals surface area contributed by atoms with Gasteiger partial charge in [-0.25, -0.2) is 4.79 Å². The molecule has 1 amide bonds. The highest BCUT2D eigenvalue weighted by Crippen LogP contribution is 2.08. The maximum Gasteiger partial charge on any atom is 0.335 e. The predicted molar refractivity (Wildman–Crippen MR) is 68.4 cm³/mol. The molecular weight excluding hydrogens is 232 g/mol. The Morgan fingerprint density at radius 1 is 1.39 bits per heavy atom. The van der Waals surface area contributed by atoms with E-state index in [1.807, 2.05) is 6.92 Å². The van der Waals surface area contributed by atoms with Crippen LogP contribution in [-0.4, -0.2) is 29.6 Å². The van der Waals surface area contributed by atoms with E-state index in [0.29, 0.717) is 24.9 Å². The number of rotatable bonds is 6. The smallest absolute Gasteiger partial charge is 0.335 e. The van der Waals surface area contributed by atoms with Crippen LogP contribution in [0.25, 0.3) is 0 Å². The summed E-state index contributed by atoms with van der Waals surface area (Å²) in [7, 11) is 0. The normalized spacial score (nSPS) is 11.9. The minimum atomic E-state index is -0.956. The molecular formula is C13H18N2O3. The van der Waals surface area contributed by atoms with Crippen LogP contribution in [0.3, 0.4) is 0 Å². The highest BCUT2D eigenvalue weighted by Gasteiger charge is 2.11. The minimum Gasteiger partial charge on any atom is -0.478 e. The number of nitrogens with one attached hydrogen (secondary N) is 1. The molecule has 1 aromatic carbocycles. The van der Waals surface area contributed by atoms with E-state index in [2.05, 4.69) is 5.32 Å². The first-order valence-electron chi connectivity index (χ1n) is 5.90. The Morgan fingerprint density at radius 3 is 2.67 bits per heavy atom. The van der Waals surface area contributed by atoms with Crippen LogP contribution in [0.4, 0.5) is 0 Å². The summed E-state index contributed by atoms with van der Waals surface area (Å²) in [5, 5.41) is 11.7. The predicted octanol–water partition coefficient (Wildman–Crippen LogP) is 0.781. The van der Waals surface area contributed by atoms with E-state index in [1.54, 1.807) is 24.3 Å². The maximum absolute atomic E-state index is 11.4. The molecule has 0 aliphatic heterocycles. The van der Waals surface area contributed by atoms with Gasteiger partial charge in [0.2, 0.25) is 5.91 Å². The molecule has 5 nitrogen and oxygen atoms in total. The van der Waals surface area contributed by atoms with E-state index in [1.165, 1.54) is 0 Å². The standard InChI is InChI=1S/C13H18N2O3/c1-2-11(14)12(16)15-8-7-9-5-3-4-6-10(9)13(17)18/h3-6,11H,2,7-8,14H2,1H3,(H,15,16)(H,17,18). The Bertz CT molecular complexity index is 432. The first kappa shape index (κ1) is 14.2. The van der Waals surface area contributed by atoms with Gasteiger partial charge in [-0.15, -0.1) is 0 Å². The molecule has 1 unspecified atom stereocenters. The van der Waals surface area contributed by atoms with E-state index < -0.39 is 12.0 Å². The number of carbonyl (C=O) groups excluding carboxylic acids is 1. The fourth-order valence-corrected chi connectivity index (χ4v) is 1.58. The van der Waals surface area contributed by atoms with Gasteiger partial charge in [0.15, 0.2) is 0 Å². The number of aromatic carboxylic acids is 1. The molecule has 0 aliphatic rings. The van der Waals surface area contributed by atoms with Crippen molar-refractivity contribution in [2.45, 2.75) is 25.8 Å². The van der Waals surface area contributed by atoms with Crippen LogP contribution in [0.15, 0.2) is 24.3 Å². The largest absolute Gasteiger partial charge is 0.478 e. The Morgan fingerprint density at radius 2 is 2.06 bits per heavy atom.